The standard InChI is InChI=1S/C13H19F3N2O2/c1-7(6-13(14,15)16)18-8(2)10(19)17-12(3,11(18)20)9-4-5-9/h7-9H,4-6H2,1-3H3,(H,17,19). The molecule has 1 heterocycles. The lowest BCUT2D eigenvalue weighted by atomic mass is 9.88. The lowest BCUT2D eigenvalue weighted by Gasteiger charge is -2.46. The summed E-state index contributed by atoms with van der Waals surface area (Å²) in [5.41, 5.74) is -1.05. The number of piperazine rings is 1. The predicted octanol–water partition coefficient (Wildman–Crippen LogP) is 1.84. The molecule has 20 heavy (non-hydrogen) atoms. The smallest absolute Gasteiger partial charge is 0.340 e. The van der Waals surface area contributed by atoms with Gasteiger partial charge in [-0.3, -0.25) is 9.59 Å². The Morgan fingerprint density at radius 3 is 2.40 bits per heavy atom. The molecule has 4 nitrogen and oxygen atoms in total. The molecule has 1 aliphatic heterocycles. The van der Waals surface area contributed by atoms with E-state index in [2.05, 4.69) is 5.32 Å². The van der Waals surface area contributed by atoms with Crippen molar-refractivity contribution in [2.24, 2.45) is 5.92 Å². The van der Waals surface area contributed by atoms with Crippen LogP contribution >= 0.6 is 0 Å². The van der Waals surface area contributed by atoms with E-state index in [4.69, 9.17) is 0 Å². The Morgan fingerprint density at radius 2 is 1.95 bits per heavy atom. The molecule has 0 bridgehead atoms. The lowest BCUT2D eigenvalue weighted by Crippen LogP contribution is -2.71. The second-order valence-corrected chi connectivity index (χ2v) is 6.02. The molecule has 0 radical (unpaired) electrons. The summed E-state index contributed by atoms with van der Waals surface area (Å²) in [5.74, 6) is -0.746. The van der Waals surface area contributed by atoms with Crippen molar-refractivity contribution in [1.29, 1.82) is 0 Å². The van der Waals surface area contributed by atoms with E-state index in [1.165, 1.54) is 13.8 Å². The van der Waals surface area contributed by atoms with E-state index < -0.39 is 36.1 Å². The van der Waals surface area contributed by atoms with Gasteiger partial charge >= 0.3 is 6.18 Å². The van der Waals surface area contributed by atoms with E-state index in [-0.39, 0.29) is 11.8 Å². The van der Waals surface area contributed by atoms with Gasteiger partial charge in [0.1, 0.15) is 11.6 Å². The summed E-state index contributed by atoms with van der Waals surface area (Å²) in [4.78, 5) is 25.6. The summed E-state index contributed by atoms with van der Waals surface area (Å²) < 4.78 is 37.6. The number of halogens is 3. The molecule has 1 aliphatic carbocycles. The fourth-order valence-corrected chi connectivity index (χ4v) is 2.94. The highest BCUT2D eigenvalue weighted by Gasteiger charge is 2.55. The van der Waals surface area contributed by atoms with Crippen LogP contribution in [-0.4, -0.2) is 40.5 Å². The minimum atomic E-state index is -4.36. The molecule has 7 heteroatoms. The molecule has 1 saturated heterocycles. The van der Waals surface area contributed by atoms with E-state index in [9.17, 15) is 22.8 Å². The number of carbonyl (C=O) groups excluding carboxylic acids is 2. The molecule has 0 aromatic rings. The van der Waals surface area contributed by atoms with Crippen molar-refractivity contribution in [1.82, 2.24) is 10.2 Å². The maximum absolute atomic E-state index is 12.6. The Balaban J connectivity index is 2.24. The second kappa shape index (κ2) is 4.63. The number of hydrogen-bond acceptors (Lipinski definition) is 2. The third-order valence-corrected chi connectivity index (χ3v) is 4.25. The Bertz CT molecular complexity index is 434. The first kappa shape index (κ1) is 15.1. The van der Waals surface area contributed by atoms with Crippen LogP contribution < -0.4 is 5.32 Å². The zero-order valence-electron chi connectivity index (χ0n) is 11.8. The Morgan fingerprint density at radius 1 is 1.40 bits per heavy atom. The Hall–Kier alpha value is -1.27. The van der Waals surface area contributed by atoms with Crippen LogP contribution in [0.4, 0.5) is 13.2 Å². The third kappa shape index (κ3) is 2.62. The van der Waals surface area contributed by atoms with Crippen LogP contribution in [0.5, 0.6) is 0 Å². The highest BCUT2D eigenvalue weighted by molar-refractivity contribution is 6.00. The van der Waals surface area contributed by atoms with Gasteiger partial charge in [-0.15, -0.1) is 0 Å². The molecule has 0 spiro atoms. The quantitative estimate of drug-likeness (QED) is 0.863. The molecule has 114 valence electrons. The molecule has 3 unspecified atom stereocenters. The maximum Gasteiger partial charge on any atom is 0.391 e. The van der Waals surface area contributed by atoms with Crippen molar-refractivity contribution >= 4 is 11.8 Å². The second-order valence-electron chi connectivity index (χ2n) is 6.02. The normalized spacial score (nSPS) is 33.1. The number of rotatable bonds is 3. The number of alkyl halides is 3. The van der Waals surface area contributed by atoms with E-state index in [1.807, 2.05) is 0 Å². The van der Waals surface area contributed by atoms with Crippen molar-refractivity contribution in [2.45, 2.75) is 63.8 Å². The average molecular weight is 292 g/mol. The summed E-state index contributed by atoms with van der Waals surface area (Å²) in [6.07, 6.45) is -3.82. The molecule has 3 atom stereocenters. The predicted molar refractivity (Wildman–Crippen MR) is 65.7 cm³/mol. The van der Waals surface area contributed by atoms with Crippen LogP contribution in [0.15, 0.2) is 0 Å². The molecule has 2 aliphatic rings. The SMILES string of the molecule is CC(CC(F)(F)F)N1C(=O)C(C)(C2CC2)NC(=O)C1C. The number of nitrogens with one attached hydrogen (secondary N) is 1. The van der Waals surface area contributed by atoms with Crippen LogP contribution in [0, 0.1) is 5.92 Å². The summed E-state index contributed by atoms with van der Waals surface area (Å²) in [6.45, 7) is 4.42. The molecular weight excluding hydrogens is 273 g/mol. The van der Waals surface area contributed by atoms with Crippen molar-refractivity contribution < 1.29 is 22.8 Å². The van der Waals surface area contributed by atoms with Crippen molar-refractivity contribution in [2.75, 3.05) is 0 Å². The van der Waals surface area contributed by atoms with Gasteiger partial charge in [-0.25, -0.2) is 0 Å². The van der Waals surface area contributed by atoms with Crippen LogP contribution in [0.2, 0.25) is 0 Å². The highest BCUT2D eigenvalue weighted by Crippen LogP contribution is 2.43. The third-order valence-electron chi connectivity index (χ3n) is 4.25. The fourth-order valence-electron chi connectivity index (χ4n) is 2.94. The van der Waals surface area contributed by atoms with Gasteiger partial charge in [0.2, 0.25) is 11.8 Å². The van der Waals surface area contributed by atoms with E-state index in [1.54, 1.807) is 6.92 Å². The molecule has 2 amide bonds. The minimum absolute atomic E-state index is 0.0343. The molecular formula is C13H19F3N2O2. The highest BCUT2D eigenvalue weighted by atomic mass is 19.4. The molecule has 2 fully saturated rings. The summed E-state index contributed by atoms with van der Waals surface area (Å²) in [7, 11) is 0. The number of hydrogen-bond donors (Lipinski definition) is 1. The molecule has 1 saturated carbocycles. The van der Waals surface area contributed by atoms with Gasteiger partial charge in [0, 0.05) is 6.04 Å². The average Bonchev–Trinajstić information content (AvgIpc) is 3.08. The summed E-state index contributed by atoms with van der Waals surface area (Å²) in [5, 5.41) is 2.69. The first-order chi connectivity index (χ1) is 9.06. The topological polar surface area (TPSA) is 49.4 Å². The first-order valence-corrected chi connectivity index (χ1v) is 6.78. The van der Waals surface area contributed by atoms with Crippen molar-refractivity contribution in [3.8, 4) is 0 Å². The van der Waals surface area contributed by atoms with Crippen molar-refractivity contribution in [3.05, 3.63) is 0 Å². The van der Waals surface area contributed by atoms with Crippen LogP contribution in [0.1, 0.15) is 40.0 Å². The molecule has 2 rings (SSSR count). The first-order valence-electron chi connectivity index (χ1n) is 6.78. The van der Waals surface area contributed by atoms with Crippen LogP contribution in [0.3, 0.4) is 0 Å². The van der Waals surface area contributed by atoms with Crippen molar-refractivity contribution in [3.63, 3.8) is 0 Å². The van der Waals surface area contributed by atoms with E-state index in [0.717, 1.165) is 17.7 Å². The molecule has 0 aromatic carbocycles. The van der Waals surface area contributed by atoms with Crippen LogP contribution in [0.25, 0.3) is 0 Å². The number of carbonyl (C=O) groups is 2. The Labute approximate surface area is 115 Å². The fraction of sp³-hybridized carbons (Fsp3) is 0.846. The largest absolute Gasteiger partial charge is 0.391 e. The van der Waals surface area contributed by atoms with Gasteiger partial charge in [-0.1, -0.05) is 0 Å². The maximum atomic E-state index is 12.6. The number of nitrogens with zero attached hydrogens (tertiary/aromatic N) is 1. The zero-order valence-corrected chi connectivity index (χ0v) is 11.8. The van der Waals surface area contributed by atoms with Gasteiger partial charge in [0.15, 0.2) is 0 Å². The minimum Gasteiger partial charge on any atom is -0.340 e. The van der Waals surface area contributed by atoms with E-state index >= 15 is 0 Å². The van der Waals surface area contributed by atoms with Crippen LogP contribution in [-0.2, 0) is 9.59 Å². The Kier molecular flexibility index (Phi) is 3.50. The molecule has 1 N–H and O–H groups in total. The van der Waals surface area contributed by atoms with Gasteiger partial charge in [-0.05, 0) is 39.5 Å². The molecule has 0 aromatic heterocycles. The monoisotopic (exact) mass is 292 g/mol. The summed E-state index contributed by atoms with van der Waals surface area (Å²) >= 11 is 0. The lowest BCUT2D eigenvalue weighted by molar-refractivity contribution is -0.168. The van der Waals surface area contributed by atoms with Gasteiger partial charge in [0.05, 0.1) is 6.42 Å². The van der Waals surface area contributed by atoms with Gasteiger partial charge in [-0.2, -0.15) is 13.2 Å². The van der Waals surface area contributed by atoms with Gasteiger partial charge < -0.3 is 10.2 Å². The zero-order chi connectivity index (χ0) is 15.3. The summed E-state index contributed by atoms with van der Waals surface area (Å²) in [6, 6.07) is -1.91. The van der Waals surface area contributed by atoms with Gasteiger partial charge in [0.25, 0.3) is 0 Å². The number of amides is 2. The van der Waals surface area contributed by atoms with E-state index in [0.29, 0.717) is 0 Å².